The predicted molar refractivity (Wildman–Crippen MR) is 123 cm³/mol. The lowest BCUT2D eigenvalue weighted by atomic mass is 10.2. The topological polar surface area (TPSA) is 112 Å². The maximum absolute atomic E-state index is 12.0. The Morgan fingerprint density at radius 1 is 0.788 bits per heavy atom. The molecule has 2 amide bonds. The third-order valence-electron chi connectivity index (χ3n) is 4.25. The molecule has 0 aliphatic heterocycles. The maximum Gasteiger partial charge on any atom is 0.409 e. The van der Waals surface area contributed by atoms with Crippen molar-refractivity contribution in [1.82, 2.24) is 10.6 Å². The second-order valence-electron chi connectivity index (χ2n) is 6.60. The van der Waals surface area contributed by atoms with E-state index in [1.165, 1.54) is 14.2 Å². The van der Waals surface area contributed by atoms with E-state index in [1.807, 2.05) is 36.4 Å². The molecule has 33 heavy (non-hydrogen) atoms. The van der Waals surface area contributed by atoms with Crippen LogP contribution in [0.25, 0.3) is 0 Å². The third kappa shape index (κ3) is 9.94. The Kier molecular flexibility index (Phi) is 11.8. The van der Waals surface area contributed by atoms with Crippen LogP contribution in [0.3, 0.4) is 0 Å². The van der Waals surface area contributed by atoms with Gasteiger partial charge < -0.3 is 29.6 Å². The number of rotatable bonds is 12. The van der Waals surface area contributed by atoms with Gasteiger partial charge in [-0.2, -0.15) is 0 Å². The van der Waals surface area contributed by atoms with Crippen LogP contribution in [0.4, 0.5) is 9.59 Å². The third-order valence-corrected chi connectivity index (χ3v) is 4.99. The zero-order chi connectivity index (χ0) is 23.9. The number of alkyl carbamates (subject to hydrolysis) is 1. The van der Waals surface area contributed by atoms with Gasteiger partial charge in [0.25, 0.3) is 0 Å². The van der Waals surface area contributed by atoms with Crippen molar-refractivity contribution in [2.75, 3.05) is 33.1 Å². The molecule has 2 unspecified atom stereocenters. The van der Waals surface area contributed by atoms with Gasteiger partial charge in [0.1, 0.15) is 0 Å². The summed E-state index contributed by atoms with van der Waals surface area (Å²) in [6.45, 7) is 0.365. The smallest absolute Gasteiger partial charge is 0.409 e. The number of carbonyl (C=O) groups is 3. The molecule has 2 atom stereocenters. The van der Waals surface area contributed by atoms with Crippen LogP contribution in [0.2, 0.25) is 0 Å². The maximum atomic E-state index is 12.0. The Balaban J connectivity index is 1.58. The lowest BCUT2D eigenvalue weighted by molar-refractivity contribution is -0.120. The highest BCUT2D eigenvalue weighted by atomic mass is 32.2. The van der Waals surface area contributed by atoms with Gasteiger partial charge in [0.05, 0.1) is 0 Å². The van der Waals surface area contributed by atoms with E-state index in [-0.39, 0.29) is 25.4 Å². The van der Waals surface area contributed by atoms with Crippen molar-refractivity contribution in [2.45, 2.75) is 19.0 Å². The summed E-state index contributed by atoms with van der Waals surface area (Å²) in [4.78, 5) is 35.8. The second-order valence-corrected chi connectivity index (χ2v) is 7.64. The van der Waals surface area contributed by atoms with E-state index in [0.717, 1.165) is 17.3 Å². The summed E-state index contributed by atoms with van der Waals surface area (Å²) in [7, 11) is 2.89. The molecular formula is C23H28N2O7S. The number of thioether (sulfide) groups is 1. The summed E-state index contributed by atoms with van der Waals surface area (Å²) in [5.74, 6) is 0.0624. The first-order valence-electron chi connectivity index (χ1n) is 10.2. The van der Waals surface area contributed by atoms with Gasteiger partial charge in [-0.15, -0.1) is 0 Å². The number of nitrogens with one attached hydrogen (secondary N) is 2. The van der Waals surface area contributed by atoms with E-state index in [1.54, 1.807) is 24.3 Å². The largest absolute Gasteiger partial charge is 0.423 e. The summed E-state index contributed by atoms with van der Waals surface area (Å²) < 4.78 is 20.8. The van der Waals surface area contributed by atoms with E-state index < -0.39 is 24.0 Å². The summed E-state index contributed by atoms with van der Waals surface area (Å²) in [6, 6.07) is 18.1. The highest BCUT2D eigenvalue weighted by Gasteiger charge is 2.17. The van der Waals surface area contributed by atoms with Gasteiger partial charge in [0.2, 0.25) is 18.5 Å². The van der Waals surface area contributed by atoms with E-state index in [2.05, 4.69) is 10.6 Å². The number of hydrogen-bond acceptors (Lipinski definition) is 8. The Hall–Kier alpha value is -3.08. The lowest BCUT2D eigenvalue weighted by Crippen LogP contribution is -2.32. The number of amides is 2. The number of benzene rings is 2. The lowest BCUT2D eigenvalue weighted by Gasteiger charge is -2.16. The van der Waals surface area contributed by atoms with Crippen LogP contribution in [-0.2, 0) is 23.7 Å². The number of methoxy groups -OCH3 is 2. The van der Waals surface area contributed by atoms with Gasteiger partial charge in [-0.1, -0.05) is 60.7 Å². The minimum absolute atomic E-state index is 0.0625. The van der Waals surface area contributed by atoms with Crippen LogP contribution < -0.4 is 10.6 Å². The highest BCUT2D eigenvalue weighted by Crippen LogP contribution is 2.21. The molecule has 0 aliphatic rings. The molecule has 0 saturated carbocycles. The first kappa shape index (κ1) is 26.2. The fourth-order valence-electron chi connectivity index (χ4n) is 2.68. The molecule has 0 heterocycles. The van der Waals surface area contributed by atoms with E-state index in [4.69, 9.17) is 18.9 Å². The molecule has 10 heteroatoms. The van der Waals surface area contributed by atoms with Crippen molar-refractivity contribution >= 4 is 29.1 Å². The summed E-state index contributed by atoms with van der Waals surface area (Å²) in [5, 5.41) is 4.67. The molecule has 0 radical (unpaired) electrons. The standard InChI is InChI=1S/C23H28N2O7S/c1-29-20(17-9-5-3-6-10-17)31-22(27)25-14-13-19(26)24-15-16-33-23(28)32-21(30-2)18-11-7-4-8-12-18/h3-12,20-21H,13-16H2,1-2H3,(H,24,26)(H,25,27). The van der Waals surface area contributed by atoms with Crippen LogP contribution in [0.1, 0.15) is 30.1 Å². The zero-order valence-corrected chi connectivity index (χ0v) is 19.3. The molecule has 2 rings (SSSR count). The molecule has 0 aliphatic carbocycles. The average molecular weight is 477 g/mol. The second kappa shape index (κ2) is 14.9. The molecule has 0 aromatic heterocycles. The number of hydrogen-bond donors (Lipinski definition) is 2. The predicted octanol–water partition coefficient (Wildman–Crippen LogP) is 3.78. The Labute approximate surface area is 197 Å². The number of ether oxygens (including phenoxy) is 4. The summed E-state index contributed by atoms with van der Waals surface area (Å²) in [5.41, 5.74) is 1.43. The van der Waals surface area contributed by atoms with Crippen molar-refractivity contribution in [3.05, 3.63) is 71.8 Å². The van der Waals surface area contributed by atoms with Crippen LogP contribution in [0.15, 0.2) is 60.7 Å². The SMILES string of the molecule is COC(OC(=O)NCCC(=O)NCCSC(=O)OC(OC)c1ccccc1)c1ccccc1. The molecule has 0 spiro atoms. The monoisotopic (exact) mass is 476 g/mol. The van der Waals surface area contributed by atoms with Crippen LogP contribution >= 0.6 is 11.8 Å². The molecular weight excluding hydrogens is 448 g/mol. The van der Waals surface area contributed by atoms with Crippen molar-refractivity contribution in [3.8, 4) is 0 Å². The summed E-state index contributed by atoms with van der Waals surface area (Å²) in [6.07, 6.45) is -2.25. The molecule has 9 nitrogen and oxygen atoms in total. The van der Waals surface area contributed by atoms with Crippen molar-refractivity contribution in [1.29, 1.82) is 0 Å². The normalized spacial score (nSPS) is 12.3. The van der Waals surface area contributed by atoms with E-state index in [0.29, 0.717) is 11.3 Å². The van der Waals surface area contributed by atoms with Crippen LogP contribution in [0.5, 0.6) is 0 Å². The molecule has 0 bridgehead atoms. The van der Waals surface area contributed by atoms with Crippen LogP contribution in [-0.4, -0.2) is 50.4 Å². The summed E-state index contributed by atoms with van der Waals surface area (Å²) >= 11 is 0.933. The van der Waals surface area contributed by atoms with Gasteiger partial charge in [-0.3, -0.25) is 4.79 Å². The fraction of sp³-hybridized carbons (Fsp3) is 0.348. The Morgan fingerprint density at radius 2 is 1.33 bits per heavy atom. The molecule has 0 fully saturated rings. The van der Waals surface area contributed by atoms with Gasteiger partial charge in [-0.05, 0) is 11.8 Å². The molecule has 2 aromatic carbocycles. The average Bonchev–Trinajstić information content (AvgIpc) is 2.84. The van der Waals surface area contributed by atoms with Crippen LogP contribution in [0, 0.1) is 0 Å². The minimum atomic E-state index is -0.837. The first-order valence-corrected chi connectivity index (χ1v) is 11.2. The zero-order valence-electron chi connectivity index (χ0n) is 18.5. The Bertz CT molecular complexity index is 868. The van der Waals surface area contributed by atoms with Crippen molar-refractivity contribution < 1.29 is 33.3 Å². The molecule has 0 saturated heterocycles. The van der Waals surface area contributed by atoms with Gasteiger partial charge in [0.15, 0.2) is 0 Å². The fourth-order valence-corrected chi connectivity index (χ4v) is 3.20. The molecule has 2 aromatic rings. The quantitative estimate of drug-likeness (QED) is 0.270. The van der Waals surface area contributed by atoms with E-state index in [9.17, 15) is 14.4 Å². The van der Waals surface area contributed by atoms with Crippen molar-refractivity contribution in [2.24, 2.45) is 0 Å². The van der Waals surface area contributed by atoms with Crippen molar-refractivity contribution in [3.63, 3.8) is 0 Å². The molecule has 178 valence electrons. The Morgan fingerprint density at radius 3 is 1.88 bits per heavy atom. The van der Waals surface area contributed by atoms with E-state index >= 15 is 0 Å². The van der Waals surface area contributed by atoms with Gasteiger partial charge in [-0.25, -0.2) is 9.59 Å². The van der Waals surface area contributed by atoms with Gasteiger partial charge >= 0.3 is 11.4 Å². The van der Waals surface area contributed by atoms with Gasteiger partial charge in [0, 0.05) is 50.6 Å². The highest BCUT2D eigenvalue weighted by molar-refractivity contribution is 8.13. The number of carbonyl (C=O) groups excluding carboxylic acids is 3. The first-order chi connectivity index (χ1) is 16.0. The minimum Gasteiger partial charge on any atom is -0.423 e. The molecule has 2 N–H and O–H groups in total.